The van der Waals surface area contributed by atoms with E-state index in [9.17, 15) is 23.9 Å². The highest BCUT2D eigenvalue weighted by molar-refractivity contribution is 5.93. The lowest BCUT2D eigenvalue weighted by Gasteiger charge is -2.36. The van der Waals surface area contributed by atoms with E-state index in [1.54, 1.807) is 17.0 Å². The third kappa shape index (κ3) is 6.69. The average molecular weight is 484 g/mol. The van der Waals surface area contributed by atoms with Crippen molar-refractivity contribution in [3.05, 3.63) is 59.9 Å². The maximum Gasteiger partial charge on any atom is 0.317 e. The summed E-state index contributed by atoms with van der Waals surface area (Å²) in [5, 5.41) is 18.0. The van der Waals surface area contributed by atoms with Gasteiger partial charge in [-0.2, -0.15) is 0 Å². The summed E-state index contributed by atoms with van der Waals surface area (Å²) in [5.74, 6) is -1.43. The molecule has 0 bridgehead atoms. The summed E-state index contributed by atoms with van der Waals surface area (Å²) in [5.41, 5.74) is 1.46. The van der Waals surface area contributed by atoms with E-state index in [0.29, 0.717) is 57.9 Å². The lowest BCUT2D eigenvalue weighted by atomic mass is 9.87. The topological polar surface area (TPSA) is 114 Å². The highest BCUT2D eigenvalue weighted by Crippen LogP contribution is 2.26. The summed E-state index contributed by atoms with van der Waals surface area (Å²) >= 11 is 0. The van der Waals surface area contributed by atoms with Crippen molar-refractivity contribution in [1.29, 1.82) is 0 Å². The van der Waals surface area contributed by atoms with Gasteiger partial charge in [0.15, 0.2) is 0 Å². The highest BCUT2D eigenvalue weighted by atomic mass is 19.1. The number of piperidine rings is 1. The zero-order valence-electron chi connectivity index (χ0n) is 19.4. The number of amides is 4. The quantitative estimate of drug-likeness (QED) is 0.457. The van der Waals surface area contributed by atoms with E-state index in [0.717, 1.165) is 5.56 Å². The van der Waals surface area contributed by atoms with Crippen LogP contribution in [0.15, 0.2) is 48.5 Å². The van der Waals surface area contributed by atoms with Crippen LogP contribution in [0.3, 0.4) is 0 Å². The number of rotatable bonds is 8. The molecule has 2 aliphatic rings. The zero-order valence-corrected chi connectivity index (χ0v) is 19.4. The third-order valence-electron chi connectivity index (χ3n) is 6.35. The minimum absolute atomic E-state index is 0.130. The normalized spacial score (nSPS) is 20.4. The molecule has 2 saturated heterocycles. The monoisotopic (exact) mass is 483 g/mol. The molecule has 4 rings (SSSR count). The van der Waals surface area contributed by atoms with Crippen LogP contribution in [-0.4, -0.2) is 72.0 Å². The molecule has 2 aromatic rings. The molecule has 4 amide bonds. The van der Waals surface area contributed by atoms with Crippen LogP contribution in [0.5, 0.6) is 5.75 Å². The molecular formula is C25H30FN5O4. The largest absolute Gasteiger partial charge is 0.508 e. The van der Waals surface area contributed by atoms with Crippen LogP contribution in [0.2, 0.25) is 0 Å². The summed E-state index contributed by atoms with van der Waals surface area (Å²) in [7, 11) is 0. The van der Waals surface area contributed by atoms with Gasteiger partial charge in [-0.05, 0) is 48.4 Å². The van der Waals surface area contributed by atoms with Crippen molar-refractivity contribution >= 4 is 23.5 Å². The Morgan fingerprint density at radius 1 is 1.03 bits per heavy atom. The van der Waals surface area contributed by atoms with E-state index in [-0.39, 0.29) is 29.4 Å². The highest BCUT2D eigenvalue weighted by Gasteiger charge is 2.35. The van der Waals surface area contributed by atoms with Crippen LogP contribution in [-0.2, 0) is 16.1 Å². The first kappa shape index (κ1) is 24.5. The number of phenolic OH excluding ortho intramolecular Hbond substituents is 1. The van der Waals surface area contributed by atoms with Gasteiger partial charge in [-0.1, -0.05) is 12.1 Å². The number of anilines is 1. The molecule has 0 aromatic heterocycles. The van der Waals surface area contributed by atoms with Gasteiger partial charge in [0.25, 0.3) is 0 Å². The zero-order chi connectivity index (χ0) is 24.8. The molecule has 2 atom stereocenters. The smallest absolute Gasteiger partial charge is 0.317 e. The summed E-state index contributed by atoms with van der Waals surface area (Å²) in [6.45, 7) is 3.46. The van der Waals surface area contributed by atoms with Gasteiger partial charge < -0.3 is 26.0 Å². The number of nitrogens with zero attached hydrogens (tertiary/aromatic N) is 2. The van der Waals surface area contributed by atoms with Crippen LogP contribution in [0.1, 0.15) is 12.0 Å². The summed E-state index contributed by atoms with van der Waals surface area (Å²) < 4.78 is 13.2. The van der Waals surface area contributed by atoms with Gasteiger partial charge in [-0.15, -0.1) is 0 Å². The number of likely N-dealkylation sites (tertiary alicyclic amines) is 1. The van der Waals surface area contributed by atoms with Gasteiger partial charge in [0.05, 0.1) is 11.8 Å². The Hall–Kier alpha value is -3.66. The van der Waals surface area contributed by atoms with E-state index < -0.39 is 11.8 Å². The molecule has 2 fully saturated rings. The Kier molecular flexibility index (Phi) is 7.81. The fourth-order valence-electron chi connectivity index (χ4n) is 4.52. The molecule has 186 valence electrons. The summed E-state index contributed by atoms with van der Waals surface area (Å²) in [6.07, 6.45) is 0.384. The number of benzene rings is 2. The van der Waals surface area contributed by atoms with E-state index in [2.05, 4.69) is 20.9 Å². The minimum atomic E-state index is -0.439. The van der Waals surface area contributed by atoms with Crippen molar-refractivity contribution in [2.45, 2.75) is 13.0 Å². The first-order valence-corrected chi connectivity index (χ1v) is 11.7. The van der Waals surface area contributed by atoms with Gasteiger partial charge in [-0.3, -0.25) is 14.5 Å². The van der Waals surface area contributed by atoms with Crippen LogP contribution in [0, 0.1) is 17.7 Å². The van der Waals surface area contributed by atoms with Crippen molar-refractivity contribution in [2.24, 2.45) is 11.8 Å². The van der Waals surface area contributed by atoms with E-state index in [4.69, 9.17) is 0 Å². The minimum Gasteiger partial charge on any atom is -0.508 e. The van der Waals surface area contributed by atoms with Crippen LogP contribution in [0.4, 0.5) is 14.9 Å². The third-order valence-corrected chi connectivity index (χ3v) is 6.35. The van der Waals surface area contributed by atoms with Crippen molar-refractivity contribution in [2.75, 3.05) is 44.6 Å². The molecule has 0 radical (unpaired) electrons. The second kappa shape index (κ2) is 11.2. The maximum absolute atomic E-state index is 13.2. The number of hydrogen-bond donors (Lipinski definition) is 4. The Labute approximate surface area is 203 Å². The Bertz CT molecular complexity index is 1050. The van der Waals surface area contributed by atoms with E-state index in [1.165, 1.54) is 24.3 Å². The molecule has 2 aromatic carbocycles. The number of carbonyl (C=O) groups excluding carboxylic acids is 3. The second-order valence-electron chi connectivity index (χ2n) is 9.00. The lowest BCUT2D eigenvalue weighted by Crippen LogP contribution is -2.49. The first-order valence-electron chi connectivity index (χ1n) is 11.7. The van der Waals surface area contributed by atoms with Crippen molar-refractivity contribution in [3.8, 4) is 5.75 Å². The summed E-state index contributed by atoms with van der Waals surface area (Å²) in [6, 6.07) is 12.3. The molecule has 35 heavy (non-hydrogen) atoms. The fourth-order valence-corrected chi connectivity index (χ4v) is 4.52. The number of phenols is 1. The Morgan fingerprint density at radius 3 is 2.37 bits per heavy atom. The van der Waals surface area contributed by atoms with Crippen LogP contribution in [0.25, 0.3) is 0 Å². The number of aromatic hydroxyl groups is 1. The van der Waals surface area contributed by atoms with Gasteiger partial charge in [0, 0.05) is 51.5 Å². The second-order valence-corrected chi connectivity index (χ2v) is 9.00. The van der Waals surface area contributed by atoms with E-state index in [1.807, 2.05) is 12.1 Å². The van der Waals surface area contributed by atoms with Gasteiger partial charge in [0.2, 0.25) is 11.8 Å². The fraction of sp³-hybridized carbons (Fsp3) is 0.400. The molecule has 0 spiro atoms. The molecular weight excluding hydrogens is 453 g/mol. The number of urea groups is 1. The predicted molar refractivity (Wildman–Crippen MR) is 128 cm³/mol. The predicted octanol–water partition coefficient (Wildman–Crippen LogP) is 1.75. The SMILES string of the molecule is O=C(NCCN1CCNC1=O)[C@H]1C[C@@H](C(=O)Nc2ccc(F)cc2)CN(Cc2ccc(O)cc2)C1. The van der Waals surface area contributed by atoms with Crippen molar-refractivity contribution < 1.29 is 23.9 Å². The Balaban J connectivity index is 1.40. The average Bonchev–Trinajstić information content (AvgIpc) is 3.26. The Morgan fingerprint density at radius 2 is 1.71 bits per heavy atom. The number of nitrogens with one attached hydrogen (secondary N) is 3. The number of hydrogen-bond acceptors (Lipinski definition) is 5. The molecule has 2 heterocycles. The standard InChI is InChI=1S/C25H30FN5O4/c26-20-3-5-21(6-4-20)29-24(34)19-13-18(23(33)27-9-11-31-12-10-28-25(31)35)15-30(16-19)14-17-1-7-22(32)8-2-17/h1-8,18-19,32H,9-16H2,(H,27,33)(H,28,35)(H,29,34)/t18-,19+/m0/s1. The first-order chi connectivity index (χ1) is 16.9. The van der Waals surface area contributed by atoms with Crippen LogP contribution < -0.4 is 16.0 Å². The van der Waals surface area contributed by atoms with Crippen molar-refractivity contribution in [3.63, 3.8) is 0 Å². The molecule has 9 nitrogen and oxygen atoms in total. The molecule has 10 heteroatoms. The lowest BCUT2D eigenvalue weighted by molar-refractivity contribution is -0.130. The van der Waals surface area contributed by atoms with Gasteiger partial charge in [-0.25, -0.2) is 9.18 Å². The van der Waals surface area contributed by atoms with Crippen molar-refractivity contribution in [1.82, 2.24) is 20.4 Å². The van der Waals surface area contributed by atoms with E-state index >= 15 is 0 Å². The van der Waals surface area contributed by atoms with Crippen LogP contribution >= 0.6 is 0 Å². The summed E-state index contributed by atoms with van der Waals surface area (Å²) in [4.78, 5) is 41.4. The number of halogens is 1. The molecule has 2 aliphatic heterocycles. The maximum atomic E-state index is 13.2. The molecule has 0 saturated carbocycles. The molecule has 4 N–H and O–H groups in total. The molecule has 0 aliphatic carbocycles. The van der Waals surface area contributed by atoms with Gasteiger partial charge >= 0.3 is 6.03 Å². The van der Waals surface area contributed by atoms with Gasteiger partial charge in [0.1, 0.15) is 11.6 Å². The number of carbonyl (C=O) groups is 3. The molecule has 0 unspecified atom stereocenters.